The second kappa shape index (κ2) is 5.38. The molecule has 1 aliphatic heterocycles. The van der Waals surface area contributed by atoms with Gasteiger partial charge in [-0.15, -0.1) is 0 Å². The SMILES string of the molecule is OC[C@@H]1C[C@](F)(C(F)(F)F)[C@H](n2cc(F)c(=S)[nH]c2=S)O1. The van der Waals surface area contributed by atoms with Crippen molar-refractivity contribution >= 4 is 24.4 Å². The maximum atomic E-state index is 14.4. The van der Waals surface area contributed by atoms with Crippen molar-refractivity contribution in [1.82, 2.24) is 9.55 Å². The number of H-pyrrole nitrogens is 1. The molecule has 2 heterocycles. The number of aromatic amines is 1. The Kier molecular flexibility index (Phi) is 4.21. The van der Waals surface area contributed by atoms with Crippen LogP contribution in [0.1, 0.15) is 12.6 Å². The number of aromatic nitrogens is 2. The minimum absolute atomic E-state index is 0.413. The fourth-order valence-electron chi connectivity index (χ4n) is 2.05. The molecule has 0 aromatic carbocycles. The van der Waals surface area contributed by atoms with Gasteiger partial charge in [0.1, 0.15) is 4.64 Å². The summed E-state index contributed by atoms with van der Waals surface area (Å²) in [5.74, 6) is -1.07. The molecule has 1 fully saturated rings. The molecular formula is C10H9F5N2O2S2. The van der Waals surface area contributed by atoms with Crippen LogP contribution in [0.25, 0.3) is 0 Å². The summed E-state index contributed by atoms with van der Waals surface area (Å²) in [5.41, 5.74) is -3.80. The van der Waals surface area contributed by atoms with Crippen LogP contribution in [0.4, 0.5) is 22.0 Å². The first kappa shape index (κ1) is 16.5. The summed E-state index contributed by atoms with van der Waals surface area (Å²) in [4.78, 5) is 2.15. The van der Waals surface area contributed by atoms with Crippen LogP contribution >= 0.6 is 24.4 Å². The Morgan fingerprint density at radius 2 is 2.10 bits per heavy atom. The standard InChI is InChI=1S/C10H9F5N2O2S2/c11-5-2-17(8(21)16-6(5)20)7-9(12,10(13,14)15)1-4(3-18)19-7/h2,4,7,18H,1,3H2,(H,16,20,21)/t4-,7+,9+/m0/s1. The highest BCUT2D eigenvalue weighted by Gasteiger charge is 2.67. The van der Waals surface area contributed by atoms with Gasteiger partial charge in [-0.25, -0.2) is 8.78 Å². The fraction of sp³-hybridized carbons (Fsp3) is 0.600. The zero-order valence-corrected chi connectivity index (χ0v) is 11.8. The number of rotatable bonds is 2. The summed E-state index contributed by atoms with van der Waals surface area (Å²) in [6, 6.07) is 0. The highest BCUT2D eigenvalue weighted by Crippen LogP contribution is 2.51. The van der Waals surface area contributed by atoms with Gasteiger partial charge in [-0.3, -0.25) is 4.57 Å². The van der Waals surface area contributed by atoms with Crippen LogP contribution in [0.3, 0.4) is 0 Å². The summed E-state index contributed by atoms with van der Waals surface area (Å²) in [6.07, 6.45) is -9.47. The number of nitrogens with zero attached hydrogens (tertiary/aromatic N) is 1. The van der Waals surface area contributed by atoms with Gasteiger partial charge in [-0.05, 0) is 12.2 Å². The Morgan fingerprint density at radius 3 is 2.62 bits per heavy atom. The van der Waals surface area contributed by atoms with Crippen LogP contribution in [0.2, 0.25) is 0 Å². The van der Waals surface area contributed by atoms with Gasteiger partial charge in [0.15, 0.2) is 16.8 Å². The smallest absolute Gasteiger partial charge is 0.394 e. The second-order valence-electron chi connectivity index (χ2n) is 4.50. The van der Waals surface area contributed by atoms with E-state index in [9.17, 15) is 22.0 Å². The average molecular weight is 348 g/mol. The van der Waals surface area contributed by atoms with Crippen molar-refractivity contribution in [3.8, 4) is 0 Å². The highest BCUT2D eigenvalue weighted by atomic mass is 32.1. The number of aliphatic hydroxyl groups excluding tert-OH is 1. The molecule has 1 aromatic rings. The minimum Gasteiger partial charge on any atom is -0.394 e. The zero-order chi connectivity index (χ0) is 16.0. The zero-order valence-electron chi connectivity index (χ0n) is 10.2. The molecule has 1 aliphatic rings. The van der Waals surface area contributed by atoms with Gasteiger partial charge in [0.2, 0.25) is 0 Å². The van der Waals surface area contributed by atoms with Crippen LogP contribution in [-0.2, 0) is 4.74 Å². The summed E-state index contributed by atoms with van der Waals surface area (Å²) in [7, 11) is 0. The van der Waals surface area contributed by atoms with Crippen molar-refractivity contribution in [2.45, 2.75) is 30.6 Å². The first-order chi connectivity index (χ1) is 9.60. The third kappa shape index (κ3) is 2.74. The van der Waals surface area contributed by atoms with E-state index in [1.54, 1.807) is 0 Å². The summed E-state index contributed by atoms with van der Waals surface area (Å²) in [5, 5.41) is 8.90. The fourth-order valence-corrected chi connectivity index (χ4v) is 2.52. The number of aliphatic hydroxyl groups is 1. The van der Waals surface area contributed by atoms with E-state index in [1.165, 1.54) is 0 Å². The Bertz CT molecular complexity index is 658. The topological polar surface area (TPSA) is 50.2 Å². The number of alkyl halides is 4. The van der Waals surface area contributed by atoms with Crippen LogP contribution in [0.15, 0.2) is 6.20 Å². The number of hydrogen-bond donors (Lipinski definition) is 2. The van der Waals surface area contributed by atoms with Crippen molar-refractivity contribution in [3.05, 3.63) is 21.4 Å². The second-order valence-corrected chi connectivity index (χ2v) is 5.30. The van der Waals surface area contributed by atoms with E-state index in [4.69, 9.17) is 22.1 Å². The van der Waals surface area contributed by atoms with Crippen molar-refractivity contribution < 1.29 is 31.8 Å². The van der Waals surface area contributed by atoms with Crippen LogP contribution in [0.5, 0.6) is 0 Å². The molecule has 2 N–H and O–H groups in total. The molecule has 0 amide bonds. The minimum atomic E-state index is -5.28. The van der Waals surface area contributed by atoms with Gasteiger partial charge in [0, 0.05) is 12.6 Å². The molecule has 0 saturated carbocycles. The Morgan fingerprint density at radius 1 is 1.48 bits per heavy atom. The molecule has 3 atom stereocenters. The number of nitrogens with one attached hydrogen (secondary N) is 1. The predicted octanol–water partition coefficient (Wildman–Crippen LogP) is 2.96. The van der Waals surface area contributed by atoms with E-state index in [-0.39, 0.29) is 0 Å². The van der Waals surface area contributed by atoms with E-state index < -0.39 is 52.4 Å². The van der Waals surface area contributed by atoms with Gasteiger partial charge < -0.3 is 14.8 Å². The van der Waals surface area contributed by atoms with Gasteiger partial charge in [0.25, 0.3) is 5.67 Å². The number of ether oxygens (including phenoxy) is 1. The predicted molar refractivity (Wildman–Crippen MR) is 65.9 cm³/mol. The maximum Gasteiger partial charge on any atom is 0.427 e. The highest BCUT2D eigenvalue weighted by molar-refractivity contribution is 7.72. The molecule has 0 aliphatic carbocycles. The van der Waals surface area contributed by atoms with Crippen LogP contribution in [-0.4, -0.2) is 39.2 Å². The van der Waals surface area contributed by atoms with Gasteiger partial charge in [-0.2, -0.15) is 13.2 Å². The molecule has 0 spiro atoms. The van der Waals surface area contributed by atoms with Crippen molar-refractivity contribution in [3.63, 3.8) is 0 Å². The first-order valence-electron chi connectivity index (χ1n) is 5.63. The molecule has 118 valence electrons. The Labute approximate surface area is 125 Å². The quantitative estimate of drug-likeness (QED) is 0.637. The van der Waals surface area contributed by atoms with E-state index in [0.717, 1.165) is 0 Å². The average Bonchev–Trinajstić information content (AvgIpc) is 2.72. The van der Waals surface area contributed by atoms with E-state index in [2.05, 4.69) is 17.2 Å². The van der Waals surface area contributed by atoms with Crippen LogP contribution < -0.4 is 0 Å². The summed E-state index contributed by atoms with van der Waals surface area (Å²) >= 11 is 9.28. The van der Waals surface area contributed by atoms with E-state index in [0.29, 0.717) is 10.8 Å². The molecule has 0 bridgehead atoms. The van der Waals surface area contributed by atoms with Gasteiger partial charge in [0.05, 0.1) is 12.7 Å². The van der Waals surface area contributed by atoms with Gasteiger partial charge >= 0.3 is 6.18 Å². The Hall–Kier alpha value is -0.910. The normalized spacial score (nSPS) is 29.8. The first-order valence-corrected chi connectivity index (χ1v) is 6.44. The largest absolute Gasteiger partial charge is 0.427 e. The number of hydrogen-bond acceptors (Lipinski definition) is 4. The third-order valence-electron chi connectivity index (χ3n) is 3.09. The lowest BCUT2D eigenvalue weighted by Crippen LogP contribution is -2.45. The molecule has 1 aromatic heterocycles. The van der Waals surface area contributed by atoms with Crippen molar-refractivity contribution in [2.24, 2.45) is 0 Å². The molecule has 2 rings (SSSR count). The van der Waals surface area contributed by atoms with E-state index in [1.807, 2.05) is 0 Å². The molecule has 21 heavy (non-hydrogen) atoms. The van der Waals surface area contributed by atoms with Gasteiger partial charge in [-0.1, -0.05) is 12.2 Å². The van der Waals surface area contributed by atoms with Crippen molar-refractivity contribution in [2.75, 3.05) is 6.61 Å². The lowest BCUT2D eigenvalue weighted by Gasteiger charge is -2.29. The summed E-state index contributed by atoms with van der Waals surface area (Å²) in [6.45, 7) is -0.809. The molecule has 0 unspecified atom stereocenters. The van der Waals surface area contributed by atoms with E-state index >= 15 is 0 Å². The number of halogens is 5. The molecule has 11 heteroatoms. The van der Waals surface area contributed by atoms with Crippen molar-refractivity contribution in [1.29, 1.82) is 0 Å². The third-order valence-corrected chi connectivity index (χ3v) is 3.70. The molecule has 1 saturated heterocycles. The Balaban J connectivity index is 2.58. The lowest BCUT2D eigenvalue weighted by molar-refractivity contribution is -0.256. The maximum absolute atomic E-state index is 14.4. The molecule has 0 radical (unpaired) electrons. The monoisotopic (exact) mass is 348 g/mol. The van der Waals surface area contributed by atoms with Crippen LogP contribution in [0, 0.1) is 15.2 Å². The summed E-state index contributed by atoms with van der Waals surface area (Å²) < 4.78 is 71.3. The molecule has 4 nitrogen and oxygen atoms in total. The molecular weight excluding hydrogens is 339 g/mol. The lowest BCUT2D eigenvalue weighted by atomic mass is 9.99.